The van der Waals surface area contributed by atoms with E-state index < -0.39 is 16.2 Å². The molecular weight excluding hydrogens is 270 g/mol. The lowest BCUT2D eigenvalue weighted by Crippen LogP contribution is -2.33. The quantitative estimate of drug-likeness (QED) is 0.364. The van der Waals surface area contributed by atoms with E-state index in [2.05, 4.69) is 6.58 Å². The zero-order valence-electron chi connectivity index (χ0n) is 12.0. The van der Waals surface area contributed by atoms with Gasteiger partial charge in [0.25, 0.3) is 10.1 Å². The van der Waals surface area contributed by atoms with Gasteiger partial charge in [0, 0.05) is 13.0 Å². The van der Waals surface area contributed by atoms with Gasteiger partial charge in [-0.3, -0.25) is 13.8 Å². The molecule has 0 rings (SSSR count). The van der Waals surface area contributed by atoms with Crippen LogP contribution in [0.4, 0.5) is 0 Å². The van der Waals surface area contributed by atoms with Gasteiger partial charge in [0.05, 0.1) is 19.5 Å². The van der Waals surface area contributed by atoms with E-state index in [1.807, 2.05) is 0 Å². The lowest BCUT2D eigenvalue weighted by molar-refractivity contribution is -0.173. The fraction of sp³-hybridized carbons (Fsp3) is 0.750. The number of rotatable bonds is 9. The van der Waals surface area contributed by atoms with Crippen molar-refractivity contribution < 1.29 is 22.2 Å². The molecule has 0 aliphatic heterocycles. The zero-order chi connectivity index (χ0) is 15.1. The summed E-state index contributed by atoms with van der Waals surface area (Å²) in [7, 11) is -0.637. The second kappa shape index (κ2) is 8.29. The Bertz CT molecular complexity index is 393. The second-order valence-electron chi connectivity index (χ2n) is 4.44. The molecule has 0 saturated carbocycles. The lowest BCUT2D eigenvalue weighted by atomic mass is 10.00. The molecule has 112 valence electrons. The molecular formula is C12H23NO5S. The number of allylic oxidation sites excluding steroid dienone is 1. The largest absolute Gasteiger partial charge is 0.275 e. The molecule has 0 radical (unpaired) electrons. The minimum absolute atomic E-state index is 0.219. The smallest absolute Gasteiger partial charge is 0.264 e. The van der Waals surface area contributed by atoms with E-state index in [4.69, 9.17) is 9.02 Å². The van der Waals surface area contributed by atoms with Crippen molar-refractivity contribution in [2.24, 2.45) is 5.92 Å². The van der Waals surface area contributed by atoms with Crippen molar-refractivity contribution >= 4 is 16.0 Å². The monoisotopic (exact) mass is 293 g/mol. The maximum Gasteiger partial charge on any atom is 0.264 e. The van der Waals surface area contributed by atoms with Gasteiger partial charge < -0.3 is 0 Å². The summed E-state index contributed by atoms with van der Waals surface area (Å²) in [6.45, 7) is 5.30. The Labute approximate surface area is 115 Å². The molecule has 1 amide bonds. The first-order chi connectivity index (χ1) is 8.71. The van der Waals surface area contributed by atoms with Crippen LogP contribution in [0.15, 0.2) is 12.7 Å². The molecule has 0 aromatic rings. The van der Waals surface area contributed by atoms with Crippen LogP contribution in [0.5, 0.6) is 0 Å². The van der Waals surface area contributed by atoms with Crippen molar-refractivity contribution in [3.63, 3.8) is 0 Å². The third-order valence-corrected chi connectivity index (χ3v) is 3.25. The summed E-state index contributed by atoms with van der Waals surface area (Å²) >= 11 is 0. The average molecular weight is 293 g/mol. The molecule has 0 aliphatic rings. The Morgan fingerprint density at radius 3 is 2.47 bits per heavy atom. The maximum atomic E-state index is 11.8. The van der Waals surface area contributed by atoms with Crippen LogP contribution in [-0.2, 0) is 23.9 Å². The van der Waals surface area contributed by atoms with Crippen molar-refractivity contribution in [1.82, 2.24) is 5.06 Å². The summed E-state index contributed by atoms with van der Waals surface area (Å²) in [5, 5.41) is 1.12. The van der Waals surface area contributed by atoms with Crippen molar-refractivity contribution in [2.75, 3.05) is 20.4 Å². The van der Waals surface area contributed by atoms with Gasteiger partial charge in [-0.25, -0.2) is 5.06 Å². The van der Waals surface area contributed by atoms with Gasteiger partial charge in [0.2, 0.25) is 5.91 Å². The number of hydroxylamine groups is 2. The molecule has 19 heavy (non-hydrogen) atoms. The molecule has 0 spiro atoms. The minimum atomic E-state index is -3.54. The highest BCUT2D eigenvalue weighted by molar-refractivity contribution is 7.86. The highest BCUT2D eigenvalue weighted by Gasteiger charge is 2.24. The molecule has 1 unspecified atom stereocenters. The van der Waals surface area contributed by atoms with E-state index in [1.54, 1.807) is 13.0 Å². The van der Waals surface area contributed by atoms with E-state index in [0.29, 0.717) is 19.3 Å². The number of amides is 1. The van der Waals surface area contributed by atoms with Crippen LogP contribution in [0.25, 0.3) is 0 Å². The van der Waals surface area contributed by atoms with Gasteiger partial charge in [0.1, 0.15) is 0 Å². The summed E-state index contributed by atoms with van der Waals surface area (Å²) in [4.78, 5) is 16.6. The number of hydrogen-bond donors (Lipinski definition) is 0. The molecule has 0 heterocycles. The SMILES string of the molecule is C=CCC[C@H](CC(C)C(=O)N(C)OC)OS(C)(=O)=O. The Morgan fingerprint density at radius 2 is 2.05 bits per heavy atom. The molecule has 0 saturated heterocycles. The fourth-order valence-corrected chi connectivity index (χ4v) is 2.32. The molecule has 6 nitrogen and oxygen atoms in total. The Balaban J connectivity index is 4.62. The highest BCUT2D eigenvalue weighted by Crippen LogP contribution is 2.18. The molecule has 2 atom stereocenters. The number of carbonyl (C=O) groups is 1. The van der Waals surface area contributed by atoms with Crippen LogP contribution in [0.1, 0.15) is 26.2 Å². The molecule has 7 heteroatoms. The lowest BCUT2D eigenvalue weighted by Gasteiger charge is -2.22. The van der Waals surface area contributed by atoms with Crippen molar-refractivity contribution in [1.29, 1.82) is 0 Å². The average Bonchev–Trinajstić information content (AvgIpc) is 2.31. The topological polar surface area (TPSA) is 72.9 Å². The fourth-order valence-electron chi connectivity index (χ4n) is 1.65. The highest BCUT2D eigenvalue weighted by atomic mass is 32.2. The van der Waals surface area contributed by atoms with Gasteiger partial charge in [-0.1, -0.05) is 13.0 Å². The van der Waals surface area contributed by atoms with Crippen molar-refractivity contribution in [3.8, 4) is 0 Å². The summed E-state index contributed by atoms with van der Waals surface area (Å²) in [6.07, 6.45) is 3.60. The Morgan fingerprint density at radius 1 is 1.47 bits per heavy atom. The van der Waals surface area contributed by atoms with E-state index in [-0.39, 0.29) is 11.8 Å². The summed E-state index contributed by atoms with van der Waals surface area (Å²) in [5.74, 6) is -0.607. The number of nitrogens with zero attached hydrogens (tertiary/aromatic N) is 1. The first-order valence-corrected chi connectivity index (χ1v) is 7.83. The van der Waals surface area contributed by atoms with E-state index in [9.17, 15) is 13.2 Å². The molecule has 0 aliphatic carbocycles. The third kappa shape index (κ3) is 7.97. The van der Waals surface area contributed by atoms with Crippen LogP contribution in [0.3, 0.4) is 0 Å². The maximum absolute atomic E-state index is 11.8. The van der Waals surface area contributed by atoms with E-state index >= 15 is 0 Å². The Hall–Kier alpha value is -0.920. The first kappa shape index (κ1) is 18.1. The standard InChI is InChI=1S/C12H23NO5S/c1-6-7-8-11(18-19(5,15)16)9-10(2)12(14)13(3)17-4/h6,10-11H,1,7-9H2,2-5H3/t10?,11-/m1/s1. The van der Waals surface area contributed by atoms with Gasteiger partial charge in [0.15, 0.2) is 0 Å². The van der Waals surface area contributed by atoms with E-state index in [0.717, 1.165) is 11.3 Å². The van der Waals surface area contributed by atoms with Crippen molar-refractivity contribution in [3.05, 3.63) is 12.7 Å². The molecule has 0 N–H and O–H groups in total. The summed E-state index contributed by atoms with van der Waals surface area (Å²) in [6, 6.07) is 0. The zero-order valence-corrected chi connectivity index (χ0v) is 12.8. The Kier molecular flexibility index (Phi) is 7.89. The molecule has 0 aromatic carbocycles. The predicted octanol–water partition coefficient (Wildman–Crippen LogP) is 1.34. The first-order valence-electron chi connectivity index (χ1n) is 6.02. The van der Waals surface area contributed by atoms with Crippen molar-refractivity contribution in [2.45, 2.75) is 32.3 Å². The normalized spacial score (nSPS) is 14.7. The van der Waals surface area contributed by atoms with Crippen LogP contribution >= 0.6 is 0 Å². The van der Waals surface area contributed by atoms with Crippen LogP contribution < -0.4 is 0 Å². The molecule has 0 aromatic heterocycles. The van der Waals surface area contributed by atoms with Gasteiger partial charge in [-0.15, -0.1) is 6.58 Å². The number of carbonyl (C=O) groups excluding carboxylic acids is 1. The molecule has 0 bridgehead atoms. The molecule has 0 fully saturated rings. The number of hydrogen-bond acceptors (Lipinski definition) is 5. The third-order valence-electron chi connectivity index (χ3n) is 2.63. The van der Waals surface area contributed by atoms with Crippen LogP contribution in [-0.4, -0.2) is 45.9 Å². The second-order valence-corrected chi connectivity index (χ2v) is 6.04. The van der Waals surface area contributed by atoms with Crippen LogP contribution in [0.2, 0.25) is 0 Å². The van der Waals surface area contributed by atoms with Gasteiger partial charge in [-0.2, -0.15) is 8.42 Å². The summed E-state index contributed by atoms with van der Waals surface area (Å²) < 4.78 is 27.3. The van der Waals surface area contributed by atoms with E-state index in [1.165, 1.54) is 14.2 Å². The summed E-state index contributed by atoms with van der Waals surface area (Å²) in [5.41, 5.74) is 0. The van der Waals surface area contributed by atoms with Gasteiger partial charge in [-0.05, 0) is 19.3 Å². The predicted molar refractivity (Wildman–Crippen MR) is 72.7 cm³/mol. The minimum Gasteiger partial charge on any atom is -0.275 e. The van der Waals surface area contributed by atoms with Crippen LogP contribution in [0, 0.1) is 5.92 Å². The van der Waals surface area contributed by atoms with Gasteiger partial charge >= 0.3 is 0 Å².